The van der Waals surface area contributed by atoms with Gasteiger partial charge in [0.05, 0.1) is 16.6 Å². The normalized spacial score (nSPS) is 18.8. The highest BCUT2D eigenvalue weighted by Gasteiger charge is 2.42. The van der Waals surface area contributed by atoms with Crippen molar-refractivity contribution in [2.75, 3.05) is 24.9 Å². The number of likely N-dealkylation sites (N-methyl/N-ethyl adjacent to an activating group) is 1. The minimum absolute atomic E-state index is 0.0277. The topological polar surface area (TPSA) is 65.0 Å². The summed E-state index contributed by atoms with van der Waals surface area (Å²) in [5.41, 5.74) is 0.332. The molecule has 3 amide bonds. The molecule has 0 saturated carbocycles. The molecule has 8 heteroatoms. The van der Waals surface area contributed by atoms with E-state index in [0.29, 0.717) is 10.7 Å². The zero-order valence-corrected chi connectivity index (χ0v) is 13.0. The van der Waals surface area contributed by atoms with Gasteiger partial charge in [0, 0.05) is 7.05 Å². The fourth-order valence-electron chi connectivity index (χ4n) is 1.88. The van der Waals surface area contributed by atoms with E-state index in [-0.39, 0.29) is 11.7 Å². The van der Waals surface area contributed by atoms with Gasteiger partial charge in [-0.3, -0.25) is 15.0 Å². The van der Waals surface area contributed by atoms with Gasteiger partial charge in [0.2, 0.25) is 5.84 Å². The average Bonchev–Trinajstić information content (AvgIpc) is 2.69. The van der Waals surface area contributed by atoms with Gasteiger partial charge < -0.3 is 0 Å². The molecule has 1 fully saturated rings. The van der Waals surface area contributed by atoms with Gasteiger partial charge in [-0.25, -0.2) is 14.7 Å². The SMILES string of the molecule is CNC(CCl)N=C1C(=O)N(c2ccccc2Cl)C(=O)N1C. The smallest absolute Gasteiger partial charge is 0.298 e. The first-order chi connectivity index (χ1) is 10.0. The van der Waals surface area contributed by atoms with E-state index in [2.05, 4.69) is 10.3 Å². The van der Waals surface area contributed by atoms with Gasteiger partial charge >= 0.3 is 11.9 Å². The average molecular weight is 329 g/mol. The zero-order chi connectivity index (χ0) is 15.6. The lowest BCUT2D eigenvalue weighted by atomic mass is 10.3. The highest BCUT2D eigenvalue weighted by Crippen LogP contribution is 2.29. The molecule has 112 valence electrons. The number of hydrogen-bond donors (Lipinski definition) is 1. The van der Waals surface area contributed by atoms with E-state index in [1.807, 2.05) is 0 Å². The Kier molecular flexibility index (Phi) is 4.82. The monoisotopic (exact) mass is 328 g/mol. The van der Waals surface area contributed by atoms with Crippen molar-refractivity contribution in [2.24, 2.45) is 4.99 Å². The van der Waals surface area contributed by atoms with Gasteiger partial charge in [-0.2, -0.15) is 0 Å². The molecule has 2 rings (SSSR count). The molecule has 1 N–H and O–H groups in total. The van der Waals surface area contributed by atoms with Crippen LogP contribution < -0.4 is 10.2 Å². The summed E-state index contributed by atoms with van der Waals surface area (Å²) in [5, 5.41) is 3.16. The number of amidine groups is 1. The second kappa shape index (κ2) is 6.43. The molecule has 6 nitrogen and oxygen atoms in total. The van der Waals surface area contributed by atoms with Crippen molar-refractivity contribution in [1.82, 2.24) is 10.2 Å². The van der Waals surface area contributed by atoms with Crippen LogP contribution >= 0.6 is 23.2 Å². The first-order valence-electron chi connectivity index (χ1n) is 6.19. The Morgan fingerprint density at radius 3 is 2.57 bits per heavy atom. The maximum absolute atomic E-state index is 12.4. The molecule has 1 unspecified atom stereocenters. The van der Waals surface area contributed by atoms with Crippen LogP contribution in [0.25, 0.3) is 0 Å². The molecule has 1 aromatic rings. The lowest BCUT2D eigenvalue weighted by Crippen LogP contribution is -2.32. The van der Waals surface area contributed by atoms with Crippen LogP contribution in [0.4, 0.5) is 10.5 Å². The number of benzene rings is 1. The fourth-order valence-corrected chi connectivity index (χ4v) is 2.33. The second-order valence-corrected chi connectivity index (χ2v) is 5.06. The van der Waals surface area contributed by atoms with Crippen molar-refractivity contribution in [2.45, 2.75) is 6.17 Å². The third-order valence-electron chi connectivity index (χ3n) is 3.04. The van der Waals surface area contributed by atoms with E-state index in [4.69, 9.17) is 23.2 Å². The van der Waals surface area contributed by atoms with Gasteiger partial charge in [0.1, 0.15) is 6.17 Å². The summed E-state index contributed by atoms with van der Waals surface area (Å²) in [5.74, 6) is -0.317. The molecule has 1 aromatic carbocycles. The van der Waals surface area contributed by atoms with E-state index in [0.717, 1.165) is 4.90 Å². The standard InChI is InChI=1S/C13H14Cl2N4O2/c1-16-10(7-14)17-11-12(20)19(13(21)18(11)2)9-6-4-3-5-8(9)15/h3-6,10,16H,7H2,1-2H3. The number of amides is 3. The Hall–Kier alpha value is -1.63. The quantitative estimate of drug-likeness (QED) is 0.678. The van der Waals surface area contributed by atoms with Gasteiger partial charge in [-0.05, 0) is 19.2 Å². The molecule has 0 aromatic heterocycles. The lowest BCUT2D eigenvalue weighted by molar-refractivity contribution is -0.111. The maximum Gasteiger partial charge on any atom is 0.337 e. The summed E-state index contributed by atoms with van der Waals surface area (Å²) >= 11 is 11.8. The van der Waals surface area contributed by atoms with Crippen LogP contribution in [0.2, 0.25) is 5.02 Å². The van der Waals surface area contributed by atoms with E-state index in [1.54, 1.807) is 31.3 Å². The van der Waals surface area contributed by atoms with Crippen LogP contribution in [-0.2, 0) is 4.79 Å². The molecular formula is C13H14Cl2N4O2. The van der Waals surface area contributed by atoms with Crippen LogP contribution in [0, 0.1) is 0 Å². The van der Waals surface area contributed by atoms with Crippen molar-refractivity contribution >= 4 is 46.7 Å². The molecule has 0 spiro atoms. The molecule has 21 heavy (non-hydrogen) atoms. The fraction of sp³-hybridized carbons (Fsp3) is 0.308. The first-order valence-corrected chi connectivity index (χ1v) is 7.10. The van der Waals surface area contributed by atoms with Crippen LogP contribution in [0.5, 0.6) is 0 Å². The van der Waals surface area contributed by atoms with Crippen molar-refractivity contribution in [1.29, 1.82) is 0 Å². The molecule has 1 atom stereocenters. The largest absolute Gasteiger partial charge is 0.337 e. The molecule has 1 aliphatic rings. The van der Waals surface area contributed by atoms with Crippen molar-refractivity contribution in [3.63, 3.8) is 0 Å². The molecule has 1 heterocycles. The Morgan fingerprint density at radius 2 is 2.00 bits per heavy atom. The zero-order valence-electron chi connectivity index (χ0n) is 11.5. The third-order valence-corrected chi connectivity index (χ3v) is 3.65. The number of nitrogens with zero attached hydrogens (tertiary/aromatic N) is 3. The molecule has 0 bridgehead atoms. The summed E-state index contributed by atoms with van der Waals surface area (Å²) in [7, 11) is 3.15. The number of hydrogen-bond acceptors (Lipinski definition) is 4. The molecule has 1 aliphatic heterocycles. The summed E-state index contributed by atoms with van der Waals surface area (Å²) in [4.78, 5) is 31.1. The van der Waals surface area contributed by atoms with E-state index < -0.39 is 18.1 Å². The summed E-state index contributed by atoms with van der Waals surface area (Å²) in [6, 6.07) is 6.14. The third kappa shape index (κ3) is 2.88. The summed E-state index contributed by atoms with van der Waals surface area (Å²) in [6.45, 7) is 0. The Labute approximate surface area is 132 Å². The number of anilines is 1. The number of rotatable bonds is 4. The number of alkyl halides is 1. The molecule has 0 radical (unpaired) electrons. The van der Waals surface area contributed by atoms with Gasteiger partial charge in [0.25, 0.3) is 0 Å². The van der Waals surface area contributed by atoms with Gasteiger partial charge in [-0.15, -0.1) is 11.6 Å². The minimum Gasteiger partial charge on any atom is -0.298 e. The lowest BCUT2D eigenvalue weighted by Gasteiger charge is -2.14. The Balaban J connectivity index is 2.42. The number of para-hydroxylation sites is 1. The van der Waals surface area contributed by atoms with Gasteiger partial charge in [0.15, 0.2) is 0 Å². The Bertz CT molecular complexity index is 602. The van der Waals surface area contributed by atoms with Crippen molar-refractivity contribution in [3.05, 3.63) is 29.3 Å². The van der Waals surface area contributed by atoms with Crippen LogP contribution in [0.1, 0.15) is 0 Å². The Morgan fingerprint density at radius 1 is 1.33 bits per heavy atom. The highest BCUT2D eigenvalue weighted by molar-refractivity contribution is 6.55. The second-order valence-electron chi connectivity index (χ2n) is 4.35. The number of aliphatic imine (C=N–C) groups is 1. The van der Waals surface area contributed by atoms with E-state index >= 15 is 0 Å². The van der Waals surface area contributed by atoms with Crippen LogP contribution in [0.15, 0.2) is 29.3 Å². The molecule has 0 aliphatic carbocycles. The number of urea groups is 1. The predicted molar refractivity (Wildman–Crippen MR) is 83.1 cm³/mol. The maximum atomic E-state index is 12.4. The number of carbonyl (C=O) groups is 2. The van der Waals surface area contributed by atoms with Crippen molar-refractivity contribution in [3.8, 4) is 0 Å². The molecular weight excluding hydrogens is 315 g/mol. The van der Waals surface area contributed by atoms with E-state index in [9.17, 15) is 9.59 Å². The number of imide groups is 1. The number of halogens is 2. The summed E-state index contributed by atoms with van der Waals surface area (Å²) < 4.78 is 0. The van der Waals surface area contributed by atoms with Crippen LogP contribution in [-0.4, -0.2) is 48.8 Å². The minimum atomic E-state index is -0.527. The molecule has 1 saturated heterocycles. The highest BCUT2D eigenvalue weighted by atomic mass is 35.5. The number of nitrogens with one attached hydrogen (secondary N) is 1. The van der Waals surface area contributed by atoms with Crippen molar-refractivity contribution < 1.29 is 9.59 Å². The van der Waals surface area contributed by atoms with Crippen LogP contribution in [0.3, 0.4) is 0 Å². The first kappa shape index (κ1) is 15.8. The number of carbonyl (C=O) groups excluding carboxylic acids is 2. The summed E-state index contributed by atoms with van der Waals surface area (Å²) in [6.07, 6.45) is -0.452. The van der Waals surface area contributed by atoms with E-state index in [1.165, 1.54) is 11.9 Å². The van der Waals surface area contributed by atoms with Gasteiger partial charge in [-0.1, -0.05) is 23.7 Å². The predicted octanol–water partition coefficient (Wildman–Crippen LogP) is 1.92.